The summed E-state index contributed by atoms with van der Waals surface area (Å²) in [7, 11) is 0. The van der Waals surface area contributed by atoms with Crippen LogP contribution in [0.2, 0.25) is 0 Å². The first-order valence-electron chi connectivity index (χ1n) is 8.68. The van der Waals surface area contributed by atoms with Gasteiger partial charge in [0.2, 0.25) is 0 Å². The topological polar surface area (TPSA) is 72.7 Å². The van der Waals surface area contributed by atoms with Gasteiger partial charge in [-0.05, 0) is 26.8 Å². The second kappa shape index (κ2) is 6.92. The van der Waals surface area contributed by atoms with E-state index in [1.54, 1.807) is 18.5 Å². The number of pyridine rings is 1. The first-order chi connectivity index (χ1) is 13.0. The first kappa shape index (κ1) is 17.4. The SMILES string of the molecule is Cc1ccc(-c2csc(NC(=O)c3cnc4c(cnn4C(C)C)c3)n2)cc1. The molecule has 0 saturated heterocycles. The molecule has 3 heterocycles. The van der Waals surface area contributed by atoms with Crippen molar-refractivity contribution in [1.82, 2.24) is 19.7 Å². The number of hydrogen-bond donors (Lipinski definition) is 1. The summed E-state index contributed by atoms with van der Waals surface area (Å²) in [6, 6.07) is 10.2. The summed E-state index contributed by atoms with van der Waals surface area (Å²) in [6.45, 7) is 6.14. The van der Waals surface area contributed by atoms with Gasteiger partial charge in [0.05, 0.1) is 17.5 Å². The highest BCUT2D eigenvalue weighted by atomic mass is 32.1. The number of hydrogen-bond acceptors (Lipinski definition) is 5. The Hall–Kier alpha value is -3.06. The molecule has 1 aromatic carbocycles. The number of benzene rings is 1. The van der Waals surface area contributed by atoms with Gasteiger partial charge in [-0.25, -0.2) is 14.6 Å². The van der Waals surface area contributed by atoms with Crippen molar-refractivity contribution in [3.63, 3.8) is 0 Å². The molecule has 1 amide bonds. The van der Waals surface area contributed by atoms with Gasteiger partial charge < -0.3 is 0 Å². The van der Waals surface area contributed by atoms with Crippen molar-refractivity contribution in [2.45, 2.75) is 26.8 Å². The maximum Gasteiger partial charge on any atom is 0.259 e. The number of carbonyl (C=O) groups is 1. The van der Waals surface area contributed by atoms with Gasteiger partial charge in [0.25, 0.3) is 5.91 Å². The highest BCUT2D eigenvalue weighted by molar-refractivity contribution is 7.14. The van der Waals surface area contributed by atoms with E-state index in [2.05, 4.69) is 20.4 Å². The lowest BCUT2D eigenvalue weighted by atomic mass is 10.1. The van der Waals surface area contributed by atoms with E-state index in [1.807, 2.05) is 55.1 Å². The number of rotatable bonds is 4. The highest BCUT2D eigenvalue weighted by Crippen LogP contribution is 2.25. The molecule has 7 heteroatoms. The minimum Gasteiger partial charge on any atom is -0.298 e. The van der Waals surface area contributed by atoms with E-state index in [-0.39, 0.29) is 11.9 Å². The number of amides is 1. The van der Waals surface area contributed by atoms with Crippen LogP contribution in [0.4, 0.5) is 5.13 Å². The zero-order valence-electron chi connectivity index (χ0n) is 15.3. The predicted molar refractivity (Wildman–Crippen MR) is 108 cm³/mol. The van der Waals surface area contributed by atoms with Crippen LogP contribution >= 0.6 is 11.3 Å². The third kappa shape index (κ3) is 3.46. The Balaban J connectivity index is 1.54. The molecule has 0 spiro atoms. The molecule has 6 nitrogen and oxygen atoms in total. The van der Waals surface area contributed by atoms with Crippen LogP contribution < -0.4 is 5.32 Å². The molecule has 0 aliphatic carbocycles. The van der Waals surface area contributed by atoms with Crippen LogP contribution in [0.5, 0.6) is 0 Å². The summed E-state index contributed by atoms with van der Waals surface area (Å²) in [5, 5.41) is 10.5. The van der Waals surface area contributed by atoms with E-state index in [0.29, 0.717) is 10.7 Å². The zero-order chi connectivity index (χ0) is 19.0. The lowest BCUT2D eigenvalue weighted by molar-refractivity contribution is 0.102. The van der Waals surface area contributed by atoms with E-state index >= 15 is 0 Å². The molecule has 0 saturated carbocycles. The minimum atomic E-state index is -0.230. The maximum atomic E-state index is 12.6. The summed E-state index contributed by atoms with van der Waals surface area (Å²) >= 11 is 1.40. The van der Waals surface area contributed by atoms with Crippen molar-refractivity contribution in [3.8, 4) is 11.3 Å². The van der Waals surface area contributed by atoms with Crippen molar-refractivity contribution in [3.05, 3.63) is 59.2 Å². The molecule has 1 N–H and O–H groups in total. The van der Waals surface area contributed by atoms with Gasteiger partial charge in [0.15, 0.2) is 10.8 Å². The third-order valence-corrected chi connectivity index (χ3v) is 5.01. The Morgan fingerprint density at radius 3 is 2.70 bits per heavy atom. The van der Waals surface area contributed by atoms with Gasteiger partial charge in [-0.3, -0.25) is 10.1 Å². The Kier molecular flexibility index (Phi) is 4.45. The summed E-state index contributed by atoms with van der Waals surface area (Å²) in [5.41, 5.74) is 4.34. The van der Waals surface area contributed by atoms with E-state index in [9.17, 15) is 4.79 Å². The Morgan fingerprint density at radius 1 is 1.19 bits per heavy atom. The first-order valence-corrected chi connectivity index (χ1v) is 9.56. The smallest absolute Gasteiger partial charge is 0.259 e. The third-order valence-electron chi connectivity index (χ3n) is 4.26. The number of anilines is 1. The number of thiazole rings is 1. The fourth-order valence-corrected chi connectivity index (χ4v) is 3.51. The van der Waals surface area contributed by atoms with E-state index in [0.717, 1.165) is 22.3 Å². The van der Waals surface area contributed by atoms with Crippen LogP contribution in [0, 0.1) is 6.92 Å². The van der Waals surface area contributed by atoms with Crippen molar-refractivity contribution in [2.75, 3.05) is 5.32 Å². The normalized spacial score (nSPS) is 11.3. The summed E-state index contributed by atoms with van der Waals surface area (Å²) in [5.74, 6) is -0.230. The quantitative estimate of drug-likeness (QED) is 0.560. The largest absolute Gasteiger partial charge is 0.298 e. The number of aryl methyl sites for hydroxylation is 1. The standard InChI is InChI=1S/C20H19N5OS/c1-12(2)25-18-15(10-22-25)8-16(9-21-18)19(26)24-20-23-17(11-27-20)14-6-4-13(3)5-7-14/h4-12H,1-3H3,(H,23,24,26). The fraction of sp³-hybridized carbons (Fsp3) is 0.200. The van der Waals surface area contributed by atoms with Gasteiger partial charge >= 0.3 is 0 Å². The summed E-state index contributed by atoms with van der Waals surface area (Å²) in [6.07, 6.45) is 3.31. The van der Waals surface area contributed by atoms with Crippen LogP contribution in [0.15, 0.2) is 48.1 Å². The van der Waals surface area contributed by atoms with Gasteiger partial charge in [-0.15, -0.1) is 11.3 Å². The maximum absolute atomic E-state index is 12.6. The van der Waals surface area contributed by atoms with Gasteiger partial charge in [0, 0.05) is 28.6 Å². The van der Waals surface area contributed by atoms with Gasteiger partial charge in [0.1, 0.15) is 0 Å². The van der Waals surface area contributed by atoms with Crippen molar-refractivity contribution >= 4 is 33.4 Å². The zero-order valence-corrected chi connectivity index (χ0v) is 16.1. The molecular weight excluding hydrogens is 358 g/mol. The van der Waals surface area contributed by atoms with Crippen LogP contribution in [0.1, 0.15) is 35.8 Å². The molecule has 0 unspecified atom stereocenters. The molecule has 0 radical (unpaired) electrons. The molecular formula is C20H19N5OS. The number of aromatic nitrogens is 4. The van der Waals surface area contributed by atoms with Crippen molar-refractivity contribution in [2.24, 2.45) is 0 Å². The lowest BCUT2D eigenvalue weighted by Gasteiger charge is -2.06. The highest BCUT2D eigenvalue weighted by Gasteiger charge is 2.13. The molecule has 0 bridgehead atoms. The summed E-state index contributed by atoms with van der Waals surface area (Å²) < 4.78 is 1.84. The Labute approximate surface area is 160 Å². The lowest BCUT2D eigenvalue weighted by Crippen LogP contribution is -2.12. The number of carbonyl (C=O) groups excluding carboxylic acids is 1. The monoisotopic (exact) mass is 377 g/mol. The number of nitrogens with zero attached hydrogens (tertiary/aromatic N) is 4. The summed E-state index contributed by atoms with van der Waals surface area (Å²) in [4.78, 5) is 21.5. The Bertz CT molecular complexity index is 1110. The van der Waals surface area contributed by atoms with Crippen LogP contribution in [0.25, 0.3) is 22.3 Å². The molecule has 136 valence electrons. The molecule has 4 aromatic rings. The fourth-order valence-electron chi connectivity index (χ4n) is 2.80. The molecule has 0 aliphatic heterocycles. The van der Waals surface area contributed by atoms with Crippen LogP contribution in [-0.4, -0.2) is 25.7 Å². The average Bonchev–Trinajstić information content (AvgIpc) is 3.28. The number of fused-ring (bicyclic) bond motifs is 1. The molecule has 3 aromatic heterocycles. The van der Waals surface area contributed by atoms with E-state index in [4.69, 9.17) is 0 Å². The molecule has 0 atom stereocenters. The van der Waals surface area contributed by atoms with Crippen molar-refractivity contribution in [1.29, 1.82) is 0 Å². The predicted octanol–water partition coefficient (Wildman–Crippen LogP) is 4.70. The Morgan fingerprint density at radius 2 is 1.96 bits per heavy atom. The van der Waals surface area contributed by atoms with Crippen molar-refractivity contribution < 1.29 is 4.79 Å². The average molecular weight is 377 g/mol. The van der Waals surface area contributed by atoms with E-state index in [1.165, 1.54) is 16.9 Å². The molecule has 4 rings (SSSR count). The molecule has 0 aliphatic rings. The van der Waals surface area contributed by atoms with Gasteiger partial charge in [-0.2, -0.15) is 5.10 Å². The van der Waals surface area contributed by atoms with Gasteiger partial charge in [-0.1, -0.05) is 29.8 Å². The van der Waals surface area contributed by atoms with E-state index < -0.39 is 0 Å². The second-order valence-electron chi connectivity index (χ2n) is 6.68. The molecule has 0 fully saturated rings. The van der Waals surface area contributed by atoms with Crippen LogP contribution in [0.3, 0.4) is 0 Å². The molecule has 27 heavy (non-hydrogen) atoms. The number of nitrogens with one attached hydrogen (secondary N) is 1. The second-order valence-corrected chi connectivity index (χ2v) is 7.54. The minimum absolute atomic E-state index is 0.213. The van der Waals surface area contributed by atoms with Crippen LogP contribution in [-0.2, 0) is 0 Å².